The van der Waals surface area contributed by atoms with Gasteiger partial charge in [-0.15, -0.1) is 0 Å². The second-order valence-corrected chi connectivity index (χ2v) is 7.44. The largest absolute Gasteiger partial charge is 0.494 e. The third kappa shape index (κ3) is 3.75. The third-order valence-corrected chi connectivity index (χ3v) is 5.46. The predicted octanol–water partition coefficient (Wildman–Crippen LogP) is 3.43. The van der Waals surface area contributed by atoms with Crippen molar-refractivity contribution in [1.29, 1.82) is 0 Å². The van der Waals surface area contributed by atoms with Gasteiger partial charge >= 0.3 is 5.97 Å². The lowest BCUT2D eigenvalue weighted by Gasteiger charge is -2.33. The van der Waals surface area contributed by atoms with Gasteiger partial charge in [0.1, 0.15) is 11.8 Å². The summed E-state index contributed by atoms with van der Waals surface area (Å²) >= 11 is 0. The summed E-state index contributed by atoms with van der Waals surface area (Å²) in [4.78, 5) is 39.6. The minimum atomic E-state index is -0.941. The van der Waals surface area contributed by atoms with E-state index in [0.29, 0.717) is 23.6 Å². The fraction of sp³-hybridized carbons (Fsp3) is 0.348. The quantitative estimate of drug-likeness (QED) is 0.582. The van der Waals surface area contributed by atoms with E-state index in [1.807, 2.05) is 13.0 Å². The van der Waals surface area contributed by atoms with Crippen LogP contribution in [-0.2, 0) is 9.53 Å². The van der Waals surface area contributed by atoms with Crippen LogP contribution in [0.1, 0.15) is 47.4 Å². The Morgan fingerprint density at radius 3 is 2.63 bits per heavy atom. The Bertz CT molecular complexity index is 986. The maximum atomic E-state index is 12.6. The Kier molecular flexibility index (Phi) is 5.44. The SMILES string of the molecule is CCOc1ccc(C(=O)[C@H](C)OC(=O)c2ccc3c(c2)NC(=O)[C@H]2CCCN32)cc1. The number of ketones is 1. The van der Waals surface area contributed by atoms with Gasteiger partial charge in [-0.25, -0.2) is 4.79 Å². The van der Waals surface area contributed by atoms with Crippen LogP contribution in [0.15, 0.2) is 42.5 Å². The molecule has 2 atom stereocenters. The van der Waals surface area contributed by atoms with Gasteiger partial charge in [0.05, 0.1) is 23.5 Å². The van der Waals surface area contributed by atoms with Gasteiger partial charge in [-0.05, 0) is 69.2 Å². The number of benzene rings is 2. The number of amides is 1. The fourth-order valence-electron chi connectivity index (χ4n) is 3.96. The fourth-order valence-corrected chi connectivity index (χ4v) is 3.96. The molecular formula is C23H24N2O5. The molecule has 0 radical (unpaired) electrons. The van der Waals surface area contributed by atoms with E-state index in [2.05, 4.69) is 10.2 Å². The van der Waals surface area contributed by atoms with Gasteiger partial charge in [-0.2, -0.15) is 0 Å². The summed E-state index contributed by atoms with van der Waals surface area (Å²) in [6, 6.07) is 11.7. The highest BCUT2D eigenvalue weighted by Gasteiger charge is 2.36. The Balaban J connectivity index is 1.45. The van der Waals surface area contributed by atoms with Crippen LogP contribution >= 0.6 is 0 Å². The van der Waals surface area contributed by atoms with Crippen LogP contribution in [0.25, 0.3) is 0 Å². The van der Waals surface area contributed by atoms with Crippen molar-refractivity contribution in [2.24, 2.45) is 0 Å². The highest BCUT2D eigenvalue weighted by atomic mass is 16.5. The topological polar surface area (TPSA) is 84.9 Å². The molecule has 2 heterocycles. The summed E-state index contributed by atoms with van der Waals surface area (Å²) in [5.41, 5.74) is 2.24. The molecule has 1 fully saturated rings. The van der Waals surface area contributed by atoms with Gasteiger partial charge in [0, 0.05) is 12.1 Å². The number of esters is 1. The van der Waals surface area contributed by atoms with E-state index >= 15 is 0 Å². The molecule has 7 heteroatoms. The molecule has 0 spiro atoms. The van der Waals surface area contributed by atoms with Gasteiger partial charge in [-0.3, -0.25) is 9.59 Å². The Morgan fingerprint density at radius 2 is 1.90 bits per heavy atom. The smallest absolute Gasteiger partial charge is 0.338 e. The van der Waals surface area contributed by atoms with E-state index in [-0.39, 0.29) is 23.3 Å². The van der Waals surface area contributed by atoms with Gasteiger partial charge < -0.3 is 19.7 Å². The van der Waals surface area contributed by atoms with Crippen molar-refractivity contribution in [2.75, 3.05) is 23.4 Å². The number of carbonyl (C=O) groups excluding carboxylic acids is 3. The minimum absolute atomic E-state index is 0.0513. The predicted molar refractivity (Wildman–Crippen MR) is 112 cm³/mol. The number of hydrogen-bond acceptors (Lipinski definition) is 6. The van der Waals surface area contributed by atoms with Gasteiger partial charge in [0.25, 0.3) is 0 Å². The van der Waals surface area contributed by atoms with Crippen molar-refractivity contribution in [2.45, 2.75) is 38.8 Å². The number of ether oxygens (including phenoxy) is 2. The van der Waals surface area contributed by atoms with Crippen molar-refractivity contribution in [3.8, 4) is 5.75 Å². The average molecular weight is 408 g/mol. The summed E-state index contributed by atoms with van der Waals surface area (Å²) in [6.07, 6.45) is 0.858. The Hall–Kier alpha value is -3.35. The highest BCUT2D eigenvalue weighted by molar-refractivity contribution is 6.06. The van der Waals surface area contributed by atoms with Crippen LogP contribution in [-0.4, -0.2) is 43.0 Å². The molecule has 2 aromatic carbocycles. The standard InChI is InChI=1S/C23H24N2O5/c1-3-29-17-9-6-15(7-10-17)21(26)14(2)30-23(28)16-8-11-19-18(13-16)24-22(27)20-5-4-12-25(19)20/h6-11,13-14,20H,3-5,12H2,1-2H3,(H,24,27)/t14-,20+/m0/s1. The zero-order valence-corrected chi connectivity index (χ0v) is 17.0. The van der Waals surface area contributed by atoms with Crippen LogP contribution in [0, 0.1) is 0 Å². The average Bonchev–Trinajstić information content (AvgIpc) is 3.24. The number of nitrogens with one attached hydrogen (secondary N) is 1. The molecule has 2 aromatic rings. The van der Waals surface area contributed by atoms with Crippen LogP contribution in [0.4, 0.5) is 11.4 Å². The maximum absolute atomic E-state index is 12.6. The second kappa shape index (κ2) is 8.18. The number of fused-ring (bicyclic) bond motifs is 3. The summed E-state index contributed by atoms with van der Waals surface area (Å²) in [6.45, 7) is 4.80. The zero-order valence-electron chi connectivity index (χ0n) is 17.0. The van der Waals surface area contributed by atoms with E-state index < -0.39 is 12.1 Å². The number of Topliss-reactive ketones (excluding diaryl/α,β-unsaturated/α-hetero) is 1. The van der Waals surface area contributed by atoms with Gasteiger partial charge in [0.2, 0.25) is 11.7 Å². The van der Waals surface area contributed by atoms with E-state index in [1.54, 1.807) is 43.3 Å². The maximum Gasteiger partial charge on any atom is 0.338 e. The van der Waals surface area contributed by atoms with E-state index in [0.717, 1.165) is 25.1 Å². The summed E-state index contributed by atoms with van der Waals surface area (Å²) in [5, 5.41) is 2.88. The molecule has 7 nitrogen and oxygen atoms in total. The van der Waals surface area contributed by atoms with Gasteiger partial charge in [-0.1, -0.05) is 0 Å². The Morgan fingerprint density at radius 1 is 1.17 bits per heavy atom. The molecule has 0 saturated carbocycles. The Labute approximate surface area is 175 Å². The molecule has 156 valence electrons. The molecule has 4 rings (SSSR count). The molecular weight excluding hydrogens is 384 g/mol. The van der Waals surface area contributed by atoms with Crippen LogP contribution < -0.4 is 15.0 Å². The molecule has 0 bridgehead atoms. The van der Waals surface area contributed by atoms with E-state index in [4.69, 9.17) is 9.47 Å². The van der Waals surface area contributed by atoms with Crippen LogP contribution in [0.3, 0.4) is 0 Å². The lowest BCUT2D eigenvalue weighted by atomic mass is 10.1. The molecule has 2 aliphatic heterocycles. The minimum Gasteiger partial charge on any atom is -0.494 e. The van der Waals surface area contributed by atoms with Crippen LogP contribution in [0.2, 0.25) is 0 Å². The molecule has 30 heavy (non-hydrogen) atoms. The molecule has 0 aromatic heterocycles. The highest BCUT2D eigenvalue weighted by Crippen LogP contribution is 2.37. The first-order chi connectivity index (χ1) is 14.5. The summed E-state index contributed by atoms with van der Waals surface area (Å²) in [7, 11) is 0. The first-order valence-corrected chi connectivity index (χ1v) is 10.2. The van der Waals surface area contributed by atoms with Crippen molar-refractivity contribution in [1.82, 2.24) is 0 Å². The third-order valence-electron chi connectivity index (χ3n) is 5.46. The monoisotopic (exact) mass is 408 g/mol. The van der Waals surface area contributed by atoms with Crippen LogP contribution in [0.5, 0.6) is 5.75 Å². The first-order valence-electron chi connectivity index (χ1n) is 10.2. The summed E-state index contributed by atoms with van der Waals surface area (Å²) in [5.74, 6) is -0.278. The number of rotatable bonds is 6. The lowest BCUT2D eigenvalue weighted by molar-refractivity contribution is -0.117. The van der Waals surface area contributed by atoms with Crippen molar-refractivity contribution < 1.29 is 23.9 Å². The first kappa shape index (κ1) is 19.9. The van der Waals surface area contributed by atoms with Crippen molar-refractivity contribution >= 4 is 29.0 Å². The molecule has 1 amide bonds. The number of hydrogen-bond donors (Lipinski definition) is 1. The van der Waals surface area contributed by atoms with Crippen molar-refractivity contribution in [3.63, 3.8) is 0 Å². The van der Waals surface area contributed by atoms with Crippen molar-refractivity contribution in [3.05, 3.63) is 53.6 Å². The lowest BCUT2D eigenvalue weighted by Crippen LogP contribution is -2.43. The molecule has 1 saturated heterocycles. The number of carbonyl (C=O) groups is 3. The molecule has 0 unspecified atom stereocenters. The number of anilines is 2. The van der Waals surface area contributed by atoms with E-state index in [1.165, 1.54) is 0 Å². The molecule has 1 N–H and O–H groups in total. The number of nitrogens with zero attached hydrogens (tertiary/aromatic N) is 1. The summed E-state index contributed by atoms with van der Waals surface area (Å²) < 4.78 is 10.8. The molecule has 0 aliphatic carbocycles. The van der Waals surface area contributed by atoms with E-state index in [9.17, 15) is 14.4 Å². The zero-order chi connectivity index (χ0) is 21.3. The second-order valence-electron chi connectivity index (χ2n) is 7.44. The normalized spacial score (nSPS) is 18.1. The van der Waals surface area contributed by atoms with Gasteiger partial charge in [0.15, 0.2) is 6.10 Å². The molecule has 2 aliphatic rings.